The largest absolute Gasteiger partial charge is 0.463 e. The van der Waals surface area contributed by atoms with Crippen LogP contribution in [0.3, 0.4) is 0 Å². The van der Waals surface area contributed by atoms with Crippen LogP contribution in [-0.4, -0.2) is 36.1 Å². The van der Waals surface area contributed by atoms with E-state index >= 15 is 0 Å². The molecule has 0 aliphatic rings. The Morgan fingerprint density at radius 2 is 2.24 bits per heavy atom. The molecule has 0 radical (unpaired) electrons. The van der Waals surface area contributed by atoms with Gasteiger partial charge in [0.05, 0.1) is 17.8 Å². The number of hydrogen-bond donors (Lipinski definition) is 0. The summed E-state index contributed by atoms with van der Waals surface area (Å²) in [5.41, 5.74) is 2.85. The number of thiazole rings is 1. The molecule has 0 N–H and O–H groups in total. The molecular formula is C12H11ClN6OS. The minimum atomic E-state index is 0.0812. The summed E-state index contributed by atoms with van der Waals surface area (Å²) in [5, 5.41) is 0.0812. The molecule has 0 fully saturated rings. The second-order valence-corrected chi connectivity index (χ2v) is 5.39. The SMILES string of the molecule is Cc1ncsc1CCOc1nc(Cl)nc(-n2ccnc2)n1. The molecule has 108 valence electrons. The first-order chi connectivity index (χ1) is 10.2. The number of halogens is 1. The van der Waals surface area contributed by atoms with Crippen molar-refractivity contribution in [3.63, 3.8) is 0 Å². The molecule has 3 heterocycles. The summed E-state index contributed by atoms with van der Waals surface area (Å²) >= 11 is 7.49. The fourth-order valence-corrected chi connectivity index (χ4v) is 2.59. The fourth-order valence-electron chi connectivity index (χ4n) is 1.68. The van der Waals surface area contributed by atoms with Crippen LogP contribution in [0.2, 0.25) is 5.28 Å². The minimum Gasteiger partial charge on any atom is -0.463 e. The van der Waals surface area contributed by atoms with Crippen LogP contribution >= 0.6 is 22.9 Å². The average Bonchev–Trinajstić information content (AvgIpc) is 3.10. The molecule has 0 aromatic carbocycles. The van der Waals surface area contributed by atoms with Gasteiger partial charge in [-0.15, -0.1) is 11.3 Å². The quantitative estimate of drug-likeness (QED) is 0.715. The lowest BCUT2D eigenvalue weighted by Gasteiger charge is -2.06. The van der Waals surface area contributed by atoms with E-state index in [0.29, 0.717) is 12.6 Å². The predicted octanol–water partition coefficient (Wildman–Crippen LogP) is 2.10. The van der Waals surface area contributed by atoms with Gasteiger partial charge in [0, 0.05) is 23.7 Å². The van der Waals surface area contributed by atoms with E-state index in [0.717, 1.165) is 12.1 Å². The van der Waals surface area contributed by atoms with E-state index < -0.39 is 0 Å². The van der Waals surface area contributed by atoms with Crippen molar-refractivity contribution >= 4 is 22.9 Å². The summed E-state index contributed by atoms with van der Waals surface area (Å²) in [6.45, 7) is 2.43. The molecule has 0 bridgehead atoms. The highest BCUT2D eigenvalue weighted by Gasteiger charge is 2.08. The first-order valence-electron chi connectivity index (χ1n) is 6.14. The van der Waals surface area contributed by atoms with Gasteiger partial charge in [0.25, 0.3) is 0 Å². The number of aromatic nitrogens is 6. The van der Waals surface area contributed by atoms with E-state index in [-0.39, 0.29) is 11.3 Å². The van der Waals surface area contributed by atoms with Crippen LogP contribution in [-0.2, 0) is 6.42 Å². The molecule has 9 heteroatoms. The first kappa shape index (κ1) is 13.9. The van der Waals surface area contributed by atoms with E-state index in [1.807, 2.05) is 12.4 Å². The lowest BCUT2D eigenvalue weighted by atomic mass is 10.3. The normalized spacial score (nSPS) is 10.8. The van der Waals surface area contributed by atoms with Gasteiger partial charge in [0.1, 0.15) is 6.33 Å². The van der Waals surface area contributed by atoms with Gasteiger partial charge >= 0.3 is 6.01 Å². The van der Waals surface area contributed by atoms with Crippen LogP contribution in [0, 0.1) is 6.92 Å². The second kappa shape index (κ2) is 6.15. The van der Waals surface area contributed by atoms with Gasteiger partial charge in [-0.1, -0.05) is 0 Å². The zero-order valence-corrected chi connectivity index (χ0v) is 12.7. The van der Waals surface area contributed by atoms with E-state index in [2.05, 4.69) is 24.9 Å². The van der Waals surface area contributed by atoms with Gasteiger partial charge in [-0.3, -0.25) is 4.57 Å². The maximum absolute atomic E-state index is 5.89. The Bertz CT molecular complexity index is 729. The van der Waals surface area contributed by atoms with Crippen molar-refractivity contribution in [1.82, 2.24) is 29.5 Å². The smallest absolute Gasteiger partial charge is 0.322 e. The first-order valence-corrected chi connectivity index (χ1v) is 7.40. The monoisotopic (exact) mass is 322 g/mol. The molecule has 0 aliphatic heterocycles. The molecule has 7 nitrogen and oxygen atoms in total. The van der Waals surface area contributed by atoms with Crippen LogP contribution in [0.4, 0.5) is 0 Å². The second-order valence-electron chi connectivity index (χ2n) is 4.12. The van der Waals surface area contributed by atoms with Crippen LogP contribution in [0.5, 0.6) is 6.01 Å². The molecule has 0 saturated heterocycles. The van der Waals surface area contributed by atoms with Gasteiger partial charge < -0.3 is 4.74 Å². The van der Waals surface area contributed by atoms with E-state index in [1.165, 1.54) is 4.88 Å². The molecule has 3 rings (SSSR count). The lowest BCUT2D eigenvalue weighted by molar-refractivity contribution is 0.295. The third-order valence-corrected chi connectivity index (χ3v) is 3.88. The lowest BCUT2D eigenvalue weighted by Crippen LogP contribution is -2.08. The molecule has 0 saturated carbocycles. The van der Waals surface area contributed by atoms with Crippen LogP contribution in [0.15, 0.2) is 24.2 Å². The minimum absolute atomic E-state index is 0.0812. The summed E-state index contributed by atoms with van der Waals surface area (Å²) in [6, 6.07) is 0.195. The number of rotatable bonds is 5. The average molecular weight is 323 g/mol. The maximum Gasteiger partial charge on any atom is 0.322 e. The highest BCUT2D eigenvalue weighted by Crippen LogP contribution is 2.14. The number of hydrogen-bond acceptors (Lipinski definition) is 7. The van der Waals surface area contributed by atoms with Crippen molar-refractivity contribution in [2.24, 2.45) is 0 Å². The van der Waals surface area contributed by atoms with E-state index in [9.17, 15) is 0 Å². The summed E-state index contributed by atoms with van der Waals surface area (Å²) in [7, 11) is 0. The Morgan fingerprint density at radius 3 is 2.95 bits per heavy atom. The molecule has 0 spiro atoms. The zero-order valence-electron chi connectivity index (χ0n) is 11.1. The molecule has 3 aromatic heterocycles. The highest BCUT2D eigenvalue weighted by atomic mass is 35.5. The maximum atomic E-state index is 5.89. The Morgan fingerprint density at radius 1 is 1.33 bits per heavy atom. The van der Waals surface area contributed by atoms with Gasteiger partial charge in [0.2, 0.25) is 11.2 Å². The third-order valence-electron chi connectivity index (χ3n) is 2.72. The standard InChI is InChI=1S/C12H11ClN6OS/c1-8-9(21-7-15-8)2-5-20-12-17-10(13)16-11(18-12)19-4-3-14-6-19/h3-4,6-7H,2,5H2,1H3. The Labute approximate surface area is 129 Å². The van der Waals surface area contributed by atoms with Gasteiger partial charge in [-0.25, -0.2) is 9.97 Å². The van der Waals surface area contributed by atoms with Gasteiger partial charge in [-0.05, 0) is 18.5 Å². The van der Waals surface area contributed by atoms with Crippen molar-refractivity contribution in [3.05, 3.63) is 40.1 Å². The molecule has 0 atom stereocenters. The molecule has 0 aliphatic carbocycles. The van der Waals surface area contributed by atoms with Crippen molar-refractivity contribution in [3.8, 4) is 12.0 Å². The summed E-state index contributed by atoms with van der Waals surface area (Å²) in [4.78, 5) is 21.5. The summed E-state index contributed by atoms with van der Waals surface area (Å²) < 4.78 is 7.19. The Hall–Kier alpha value is -2.06. The van der Waals surface area contributed by atoms with Crippen LogP contribution in [0.1, 0.15) is 10.6 Å². The highest BCUT2D eigenvalue weighted by molar-refractivity contribution is 7.09. The molecule has 0 amide bonds. The van der Waals surface area contributed by atoms with Crippen molar-refractivity contribution < 1.29 is 4.74 Å². The summed E-state index contributed by atoms with van der Waals surface area (Å²) in [5.74, 6) is 0.372. The Kier molecular flexibility index (Phi) is 4.07. The molecule has 21 heavy (non-hydrogen) atoms. The molecule has 3 aromatic rings. The number of ether oxygens (including phenoxy) is 1. The third kappa shape index (κ3) is 3.34. The zero-order chi connectivity index (χ0) is 14.7. The molecular weight excluding hydrogens is 312 g/mol. The van der Waals surface area contributed by atoms with E-state index in [1.54, 1.807) is 34.6 Å². The molecule has 0 unspecified atom stereocenters. The van der Waals surface area contributed by atoms with Crippen LogP contribution in [0.25, 0.3) is 5.95 Å². The predicted molar refractivity (Wildman–Crippen MR) is 78.0 cm³/mol. The van der Waals surface area contributed by atoms with Crippen LogP contribution < -0.4 is 4.74 Å². The van der Waals surface area contributed by atoms with Crippen molar-refractivity contribution in [2.75, 3.05) is 6.61 Å². The number of aryl methyl sites for hydroxylation is 1. The van der Waals surface area contributed by atoms with Gasteiger partial charge in [-0.2, -0.15) is 15.0 Å². The van der Waals surface area contributed by atoms with E-state index in [4.69, 9.17) is 16.3 Å². The van der Waals surface area contributed by atoms with Gasteiger partial charge in [0.15, 0.2) is 0 Å². The number of imidazole rings is 1. The fraction of sp³-hybridized carbons (Fsp3) is 0.250. The van der Waals surface area contributed by atoms with Crippen molar-refractivity contribution in [2.45, 2.75) is 13.3 Å². The Balaban J connectivity index is 1.69. The topological polar surface area (TPSA) is 78.6 Å². The number of nitrogens with zero attached hydrogens (tertiary/aromatic N) is 6. The summed E-state index contributed by atoms with van der Waals surface area (Å²) in [6.07, 6.45) is 5.68. The van der Waals surface area contributed by atoms with Crippen molar-refractivity contribution in [1.29, 1.82) is 0 Å².